The van der Waals surface area contributed by atoms with E-state index in [9.17, 15) is 18.8 Å². The number of pyridine rings is 1. The van der Waals surface area contributed by atoms with E-state index < -0.39 is 5.82 Å². The number of carbonyl (C=O) groups is 3. The molecule has 2 atom stereocenters. The highest BCUT2D eigenvalue weighted by molar-refractivity contribution is 5.96. The topological polar surface area (TPSA) is 82.6 Å². The molecule has 8 heteroatoms. The lowest BCUT2D eigenvalue weighted by molar-refractivity contribution is -0.132. The quantitative estimate of drug-likeness (QED) is 0.756. The second kappa shape index (κ2) is 10.1. The molecule has 0 saturated carbocycles. The molecule has 2 unspecified atom stereocenters. The number of hydrogen-bond donors (Lipinski definition) is 1. The number of nitrogens with one attached hydrogen (secondary N) is 1. The van der Waals surface area contributed by atoms with E-state index in [4.69, 9.17) is 0 Å². The molecule has 1 N–H and O–H groups in total. The van der Waals surface area contributed by atoms with E-state index in [1.54, 1.807) is 17.3 Å². The Balaban J connectivity index is 1.35. The van der Waals surface area contributed by atoms with Crippen molar-refractivity contribution in [2.75, 3.05) is 31.5 Å². The van der Waals surface area contributed by atoms with Crippen LogP contribution in [0.5, 0.6) is 0 Å². The fourth-order valence-corrected chi connectivity index (χ4v) is 4.91. The van der Waals surface area contributed by atoms with Gasteiger partial charge in [0.25, 0.3) is 5.91 Å². The second-order valence-electron chi connectivity index (χ2n) is 8.96. The van der Waals surface area contributed by atoms with Gasteiger partial charge in [-0.3, -0.25) is 19.4 Å². The number of anilines is 1. The lowest BCUT2D eigenvalue weighted by Crippen LogP contribution is -2.43. The zero-order valence-electron chi connectivity index (χ0n) is 18.8. The van der Waals surface area contributed by atoms with Crippen LogP contribution in [-0.2, 0) is 16.0 Å². The van der Waals surface area contributed by atoms with Crippen LogP contribution in [0.1, 0.15) is 42.1 Å². The zero-order valence-corrected chi connectivity index (χ0v) is 18.8. The van der Waals surface area contributed by atoms with Gasteiger partial charge >= 0.3 is 0 Å². The average molecular weight is 453 g/mol. The van der Waals surface area contributed by atoms with E-state index in [1.165, 1.54) is 25.1 Å². The third-order valence-electron chi connectivity index (χ3n) is 6.59. The maximum Gasteiger partial charge on any atom is 0.256 e. The fraction of sp³-hybridized carbons (Fsp3) is 0.440. The number of amides is 3. The van der Waals surface area contributed by atoms with Crippen molar-refractivity contribution in [2.24, 2.45) is 11.8 Å². The first-order valence-corrected chi connectivity index (χ1v) is 11.4. The second-order valence-corrected chi connectivity index (χ2v) is 8.96. The van der Waals surface area contributed by atoms with Gasteiger partial charge in [-0.1, -0.05) is 6.07 Å². The van der Waals surface area contributed by atoms with Crippen LogP contribution < -0.4 is 5.32 Å². The average Bonchev–Trinajstić information content (AvgIpc) is 3.30. The monoisotopic (exact) mass is 452 g/mol. The van der Waals surface area contributed by atoms with Crippen molar-refractivity contribution >= 4 is 23.4 Å². The number of rotatable bonds is 5. The fourth-order valence-electron chi connectivity index (χ4n) is 4.91. The zero-order chi connectivity index (χ0) is 23.4. The molecule has 2 saturated heterocycles. The van der Waals surface area contributed by atoms with Crippen molar-refractivity contribution in [3.05, 3.63) is 59.7 Å². The minimum absolute atomic E-state index is 0.0154. The van der Waals surface area contributed by atoms with Gasteiger partial charge in [0.05, 0.1) is 12.0 Å². The van der Waals surface area contributed by atoms with E-state index >= 15 is 0 Å². The van der Waals surface area contributed by atoms with Gasteiger partial charge in [-0.25, -0.2) is 4.39 Å². The molecule has 0 aliphatic carbocycles. The molecule has 7 nitrogen and oxygen atoms in total. The summed E-state index contributed by atoms with van der Waals surface area (Å²) in [5.41, 5.74) is 1.25. The molecule has 1 aromatic heterocycles. The number of piperidine rings is 1. The Labute approximate surface area is 193 Å². The maximum atomic E-state index is 14.5. The van der Waals surface area contributed by atoms with E-state index in [1.807, 2.05) is 17.0 Å². The van der Waals surface area contributed by atoms with Crippen LogP contribution in [0.25, 0.3) is 0 Å². The van der Waals surface area contributed by atoms with E-state index in [0.717, 1.165) is 31.4 Å². The van der Waals surface area contributed by atoms with Crippen molar-refractivity contribution < 1.29 is 18.8 Å². The SMILES string of the molecule is CC(=O)Nc1ccc(C(=O)N2CCC(C3CCCN(C(=O)Cc4cccnc4)C3)C2)c(F)c1. The first kappa shape index (κ1) is 22.9. The van der Waals surface area contributed by atoms with Crippen molar-refractivity contribution in [3.63, 3.8) is 0 Å². The molecule has 0 spiro atoms. The predicted octanol–water partition coefficient (Wildman–Crippen LogP) is 3.12. The summed E-state index contributed by atoms with van der Waals surface area (Å²) in [6, 6.07) is 7.89. The number of aromatic nitrogens is 1. The number of carbonyl (C=O) groups excluding carboxylic acids is 3. The van der Waals surface area contributed by atoms with Crippen LogP contribution in [0.2, 0.25) is 0 Å². The molecule has 0 bridgehead atoms. The number of hydrogen-bond acceptors (Lipinski definition) is 4. The number of nitrogens with zero attached hydrogens (tertiary/aromatic N) is 3. The van der Waals surface area contributed by atoms with E-state index in [2.05, 4.69) is 10.3 Å². The maximum absolute atomic E-state index is 14.5. The van der Waals surface area contributed by atoms with Crippen LogP contribution in [-0.4, -0.2) is 58.7 Å². The summed E-state index contributed by atoms with van der Waals surface area (Å²) in [6.45, 7) is 3.96. The normalized spacial score (nSPS) is 20.5. The molecule has 2 aromatic rings. The van der Waals surface area contributed by atoms with Gasteiger partial charge < -0.3 is 15.1 Å². The predicted molar refractivity (Wildman–Crippen MR) is 122 cm³/mol. The van der Waals surface area contributed by atoms with Gasteiger partial charge in [-0.05, 0) is 60.9 Å². The molecule has 174 valence electrons. The third kappa shape index (κ3) is 5.56. The molecule has 2 fully saturated rings. The molecular formula is C25H29FN4O3. The number of likely N-dealkylation sites (tertiary alicyclic amines) is 2. The standard InChI is InChI=1S/C25H29FN4O3/c1-17(31)28-21-6-7-22(23(26)13-21)25(33)30-11-8-20(16-30)19-5-3-10-29(15-19)24(32)12-18-4-2-9-27-14-18/h2,4,6-7,9,13-14,19-20H,3,5,8,10-12,15-16H2,1H3,(H,28,31). The Bertz CT molecular complexity index is 1030. The summed E-state index contributed by atoms with van der Waals surface area (Å²) < 4.78 is 14.5. The highest BCUT2D eigenvalue weighted by Gasteiger charge is 2.36. The Morgan fingerprint density at radius 3 is 2.61 bits per heavy atom. The van der Waals surface area contributed by atoms with E-state index in [-0.39, 0.29) is 23.3 Å². The Morgan fingerprint density at radius 1 is 1.09 bits per heavy atom. The van der Waals surface area contributed by atoms with Gasteiger partial charge in [0.1, 0.15) is 5.82 Å². The molecule has 1 aromatic carbocycles. The van der Waals surface area contributed by atoms with Crippen molar-refractivity contribution in [2.45, 2.75) is 32.6 Å². The van der Waals surface area contributed by atoms with Crippen LogP contribution in [0.3, 0.4) is 0 Å². The summed E-state index contributed by atoms with van der Waals surface area (Å²) in [4.78, 5) is 44.6. The minimum Gasteiger partial charge on any atom is -0.342 e. The van der Waals surface area contributed by atoms with Gasteiger partial charge in [0.15, 0.2) is 0 Å². The van der Waals surface area contributed by atoms with Gasteiger partial charge in [0.2, 0.25) is 11.8 Å². The van der Waals surface area contributed by atoms with Gasteiger partial charge in [0, 0.05) is 51.2 Å². The van der Waals surface area contributed by atoms with Crippen LogP contribution >= 0.6 is 0 Å². The largest absolute Gasteiger partial charge is 0.342 e. The molecule has 0 radical (unpaired) electrons. The minimum atomic E-state index is -0.639. The Hall–Kier alpha value is -3.29. The lowest BCUT2D eigenvalue weighted by Gasteiger charge is -2.36. The highest BCUT2D eigenvalue weighted by atomic mass is 19.1. The first-order chi connectivity index (χ1) is 15.9. The van der Waals surface area contributed by atoms with Crippen LogP contribution in [0, 0.1) is 17.7 Å². The number of halogens is 1. The summed E-state index contributed by atoms with van der Waals surface area (Å²) in [5, 5.41) is 2.52. The van der Waals surface area contributed by atoms with Crippen LogP contribution in [0.15, 0.2) is 42.7 Å². The van der Waals surface area contributed by atoms with Gasteiger partial charge in [-0.2, -0.15) is 0 Å². The van der Waals surface area contributed by atoms with Crippen LogP contribution in [0.4, 0.5) is 10.1 Å². The summed E-state index contributed by atoms with van der Waals surface area (Å²) in [5.74, 6) is -0.522. The van der Waals surface area contributed by atoms with Crippen molar-refractivity contribution in [1.29, 1.82) is 0 Å². The molecular weight excluding hydrogens is 423 g/mol. The Kier molecular flexibility index (Phi) is 7.01. The highest BCUT2D eigenvalue weighted by Crippen LogP contribution is 2.32. The molecule has 2 aliphatic heterocycles. The molecule has 3 heterocycles. The molecule has 3 amide bonds. The first-order valence-electron chi connectivity index (χ1n) is 11.4. The lowest BCUT2D eigenvalue weighted by atomic mass is 9.84. The number of benzene rings is 1. The Morgan fingerprint density at radius 2 is 1.88 bits per heavy atom. The summed E-state index contributed by atoms with van der Waals surface area (Å²) >= 11 is 0. The molecule has 4 rings (SSSR count). The van der Waals surface area contributed by atoms with Crippen molar-refractivity contribution in [3.8, 4) is 0 Å². The molecule has 33 heavy (non-hydrogen) atoms. The smallest absolute Gasteiger partial charge is 0.256 e. The summed E-state index contributed by atoms with van der Waals surface area (Å²) in [6.07, 6.45) is 6.61. The third-order valence-corrected chi connectivity index (χ3v) is 6.59. The van der Waals surface area contributed by atoms with Crippen molar-refractivity contribution in [1.82, 2.24) is 14.8 Å². The summed E-state index contributed by atoms with van der Waals surface area (Å²) in [7, 11) is 0. The van der Waals surface area contributed by atoms with E-state index in [0.29, 0.717) is 43.6 Å². The van der Waals surface area contributed by atoms with Gasteiger partial charge in [-0.15, -0.1) is 0 Å². The molecule has 2 aliphatic rings.